The van der Waals surface area contributed by atoms with Gasteiger partial charge in [-0.25, -0.2) is 0 Å². The molecule has 1 N–H and O–H groups in total. The zero-order chi connectivity index (χ0) is 10.6. The predicted molar refractivity (Wildman–Crippen MR) is 62.5 cm³/mol. The van der Waals surface area contributed by atoms with Crippen LogP contribution in [0.15, 0.2) is 0 Å². The number of ether oxygens (including phenoxy) is 1. The summed E-state index contributed by atoms with van der Waals surface area (Å²) in [7, 11) is 2.00. The van der Waals surface area contributed by atoms with Crippen molar-refractivity contribution in [3.8, 4) is 0 Å². The van der Waals surface area contributed by atoms with Gasteiger partial charge in [0.25, 0.3) is 0 Å². The van der Waals surface area contributed by atoms with E-state index in [9.17, 15) is 0 Å². The van der Waals surface area contributed by atoms with E-state index in [-0.39, 0.29) is 0 Å². The molecule has 0 aromatic carbocycles. The first-order chi connectivity index (χ1) is 6.59. The van der Waals surface area contributed by atoms with E-state index in [1.54, 1.807) is 0 Å². The molecule has 0 bridgehead atoms. The van der Waals surface area contributed by atoms with Crippen LogP contribution < -0.4 is 5.32 Å². The molecule has 0 saturated heterocycles. The summed E-state index contributed by atoms with van der Waals surface area (Å²) in [6.07, 6.45) is 2.82. The normalized spacial score (nSPS) is 15.7. The molecule has 0 heterocycles. The molecular weight excluding hydrogens is 196 g/mol. The molecule has 0 amide bonds. The van der Waals surface area contributed by atoms with Crippen LogP contribution in [0.1, 0.15) is 26.7 Å². The third-order valence-electron chi connectivity index (χ3n) is 2.13. The smallest absolute Gasteiger partial charge is 0.168 e. The van der Waals surface area contributed by atoms with E-state index in [0.29, 0.717) is 12.1 Å². The number of hydrogen-bond donors (Lipinski definition) is 1. The fourth-order valence-corrected chi connectivity index (χ4v) is 1.30. The second kappa shape index (κ2) is 5.51. The minimum absolute atomic E-state index is 0.299. The van der Waals surface area contributed by atoms with E-state index in [1.807, 2.05) is 25.8 Å². The summed E-state index contributed by atoms with van der Waals surface area (Å²) in [6, 6.07) is 0.635. The van der Waals surface area contributed by atoms with E-state index in [2.05, 4.69) is 5.32 Å². The van der Waals surface area contributed by atoms with Gasteiger partial charge in [0.1, 0.15) is 0 Å². The highest BCUT2D eigenvalue weighted by Crippen LogP contribution is 2.18. The fraction of sp³-hybridized carbons (Fsp3) is 0.900. The second-order valence-electron chi connectivity index (χ2n) is 4.06. The Morgan fingerprint density at radius 1 is 1.57 bits per heavy atom. The zero-order valence-electron chi connectivity index (χ0n) is 9.25. The van der Waals surface area contributed by atoms with Crippen LogP contribution >= 0.6 is 12.2 Å². The largest absolute Gasteiger partial charge is 0.377 e. The Balaban J connectivity index is 2.06. The molecule has 14 heavy (non-hydrogen) atoms. The van der Waals surface area contributed by atoms with Crippen molar-refractivity contribution >= 4 is 17.3 Å². The lowest BCUT2D eigenvalue weighted by molar-refractivity contribution is 0.0724. The average molecular weight is 216 g/mol. The van der Waals surface area contributed by atoms with E-state index in [0.717, 1.165) is 18.3 Å². The van der Waals surface area contributed by atoms with Gasteiger partial charge in [0.15, 0.2) is 5.11 Å². The Morgan fingerprint density at radius 2 is 2.21 bits per heavy atom. The lowest BCUT2D eigenvalue weighted by Crippen LogP contribution is -2.40. The molecule has 0 aromatic rings. The summed E-state index contributed by atoms with van der Waals surface area (Å²) in [5, 5.41) is 4.14. The molecule has 1 fully saturated rings. The quantitative estimate of drug-likeness (QED) is 0.702. The molecule has 1 rings (SSSR count). The highest BCUT2D eigenvalue weighted by molar-refractivity contribution is 7.80. The number of likely N-dealkylation sites (N-methyl/N-ethyl adjacent to an activating group) is 1. The maximum atomic E-state index is 5.45. The maximum Gasteiger partial charge on any atom is 0.168 e. The number of nitrogens with one attached hydrogen (secondary N) is 1. The molecule has 3 nitrogen and oxygen atoms in total. The van der Waals surface area contributed by atoms with Crippen LogP contribution in [0.25, 0.3) is 0 Å². The zero-order valence-corrected chi connectivity index (χ0v) is 10.1. The molecule has 0 spiro atoms. The van der Waals surface area contributed by atoms with Crippen LogP contribution in [0.2, 0.25) is 0 Å². The first-order valence-corrected chi connectivity index (χ1v) is 5.63. The standard InChI is InChI=1S/C10H20N2OS/c1-8(2)13-7-6-12(3)10(14)11-9-4-5-9/h8-9H,4-7H2,1-3H3,(H,11,14). The first kappa shape index (κ1) is 11.7. The minimum Gasteiger partial charge on any atom is -0.377 e. The van der Waals surface area contributed by atoms with Gasteiger partial charge in [-0.05, 0) is 38.9 Å². The molecular formula is C10H20N2OS. The molecule has 1 aliphatic rings. The molecule has 0 aromatic heterocycles. The predicted octanol–water partition coefficient (Wildman–Crippen LogP) is 1.38. The van der Waals surface area contributed by atoms with Crippen LogP contribution in [0.3, 0.4) is 0 Å². The highest BCUT2D eigenvalue weighted by atomic mass is 32.1. The fourth-order valence-electron chi connectivity index (χ4n) is 1.04. The van der Waals surface area contributed by atoms with E-state index in [1.165, 1.54) is 12.8 Å². The molecule has 0 atom stereocenters. The van der Waals surface area contributed by atoms with Gasteiger partial charge in [0, 0.05) is 19.6 Å². The third-order valence-corrected chi connectivity index (χ3v) is 2.56. The van der Waals surface area contributed by atoms with Gasteiger partial charge >= 0.3 is 0 Å². The minimum atomic E-state index is 0.299. The van der Waals surface area contributed by atoms with Crippen LogP contribution in [0.4, 0.5) is 0 Å². The summed E-state index contributed by atoms with van der Waals surface area (Å²) in [4.78, 5) is 2.04. The highest BCUT2D eigenvalue weighted by Gasteiger charge is 2.22. The van der Waals surface area contributed by atoms with Crippen LogP contribution in [0.5, 0.6) is 0 Å². The van der Waals surface area contributed by atoms with Crippen LogP contribution in [0, 0.1) is 0 Å². The molecule has 82 valence electrons. The summed E-state index contributed by atoms with van der Waals surface area (Å²) in [5.41, 5.74) is 0. The van der Waals surface area contributed by atoms with Gasteiger partial charge in [-0.15, -0.1) is 0 Å². The third kappa shape index (κ3) is 4.77. The van der Waals surface area contributed by atoms with E-state index < -0.39 is 0 Å². The summed E-state index contributed by atoms with van der Waals surface area (Å²) < 4.78 is 5.45. The summed E-state index contributed by atoms with van der Waals surface area (Å²) in [6.45, 7) is 5.68. The van der Waals surface area contributed by atoms with Gasteiger partial charge in [-0.3, -0.25) is 0 Å². The molecule has 0 radical (unpaired) electrons. The van der Waals surface area contributed by atoms with Crippen molar-refractivity contribution in [1.82, 2.24) is 10.2 Å². The van der Waals surface area contributed by atoms with Crippen molar-refractivity contribution in [3.63, 3.8) is 0 Å². The monoisotopic (exact) mass is 216 g/mol. The van der Waals surface area contributed by atoms with E-state index >= 15 is 0 Å². The summed E-state index contributed by atoms with van der Waals surface area (Å²) >= 11 is 5.23. The lowest BCUT2D eigenvalue weighted by Gasteiger charge is -2.21. The van der Waals surface area contributed by atoms with Crippen molar-refractivity contribution in [1.29, 1.82) is 0 Å². The summed E-state index contributed by atoms with van der Waals surface area (Å²) in [5.74, 6) is 0. The molecule has 0 aliphatic heterocycles. The van der Waals surface area contributed by atoms with Gasteiger partial charge in [-0.1, -0.05) is 0 Å². The van der Waals surface area contributed by atoms with Crippen LogP contribution in [-0.2, 0) is 4.74 Å². The van der Waals surface area contributed by atoms with Crippen molar-refractivity contribution in [3.05, 3.63) is 0 Å². The van der Waals surface area contributed by atoms with Gasteiger partial charge in [0.05, 0.1) is 12.7 Å². The Kier molecular flexibility index (Phi) is 4.62. The Hall–Kier alpha value is -0.350. The van der Waals surface area contributed by atoms with Crippen molar-refractivity contribution < 1.29 is 4.74 Å². The van der Waals surface area contributed by atoms with Crippen molar-refractivity contribution in [2.24, 2.45) is 0 Å². The molecule has 4 heteroatoms. The van der Waals surface area contributed by atoms with Crippen LogP contribution in [-0.4, -0.2) is 42.4 Å². The Labute approximate surface area is 91.8 Å². The lowest BCUT2D eigenvalue weighted by atomic mass is 10.5. The topological polar surface area (TPSA) is 24.5 Å². The average Bonchev–Trinajstić information content (AvgIpc) is 2.87. The second-order valence-corrected chi connectivity index (χ2v) is 4.45. The molecule has 1 saturated carbocycles. The van der Waals surface area contributed by atoms with Gasteiger partial charge in [0.2, 0.25) is 0 Å². The molecule has 1 aliphatic carbocycles. The number of rotatable bonds is 5. The number of nitrogens with zero attached hydrogens (tertiary/aromatic N) is 1. The number of thiocarbonyl (C=S) groups is 1. The SMILES string of the molecule is CC(C)OCCN(C)C(=S)NC1CC1. The Morgan fingerprint density at radius 3 is 2.71 bits per heavy atom. The van der Waals surface area contributed by atoms with Crippen molar-refractivity contribution in [2.75, 3.05) is 20.2 Å². The maximum absolute atomic E-state index is 5.45. The van der Waals surface area contributed by atoms with Gasteiger partial charge < -0.3 is 15.0 Å². The van der Waals surface area contributed by atoms with Gasteiger partial charge in [-0.2, -0.15) is 0 Å². The first-order valence-electron chi connectivity index (χ1n) is 5.23. The number of hydrogen-bond acceptors (Lipinski definition) is 2. The van der Waals surface area contributed by atoms with E-state index in [4.69, 9.17) is 17.0 Å². The molecule has 0 unspecified atom stereocenters. The Bertz CT molecular complexity index is 193. The van der Waals surface area contributed by atoms with Crippen molar-refractivity contribution in [2.45, 2.75) is 38.8 Å².